The lowest BCUT2D eigenvalue weighted by Crippen LogP contribution is -2.54. The smallest absolute Gasteiger partial charge is 0.170 e. The van der Waals surface area contributed by atoms with Crippen LogP contribution in [0.15, 0.2) is 54.6 Å². The molecule has 1 saturated heterocycles. The number of carbonyl (C=O) groups excluding carboxylic acids is 1. The van der Waals surface area contributed by atoms with E-state index in [1.807, 2.05) is 36.4 Å². The standard InChI is InChI=1S/C25H23F2NO2/c26-21-9-6-17(14-22(21)27)10-13-28-12-3-11-25(16-28)15-23(29)20-8-7-18-4-1-2-5-19(18)24(20)30-25/h1-2,4-9,14H,3,10-13,15-16H2/t25-/m1/s1. The number of ether oxygens (including phenoxy) is 1. The number of rotatable bonds is 3. The van der Waals surface area contributed by atoms with E-state index in [2.05, 4.69) is 4.90 Å². The quantitative estimate of drug-likeness (QED) is 0.601. The zero-order valence-electron chi connectivity index (χ0n) is 16.7. The molecule has 0 amide bonds. The van der Waals surface area contributed by atoms with Crippen LogP contribution in [0.5, 0.6) is 5.75 Å². The number of hydrogen-bond acceptors (Lipinski definition) is 3. The molecule has 3 aromatic rings. The van der Waals surface area contributed by atoms with E-state index in [0.717, 1.165) is 35.7 Å². The van der Waals surface area contributed by atoms with Gasteiger partial charge in [-0.1, -0.05) is 36.4 Å². The summed E-state index contributed by atoms with van der Waals surface area (Å²) in [6.45, 7) is 2.28. The normalized spacial score (nSPS) is 21.6. The van der Waals surface area contributed by atoms with Crippen molar-refractivity contribution >= 4 is 16.6 Å². The Labute approximate surface area is 174 Å². The van der Waals surface area contributed by atoms with Crippen LogP contribution in [-0.2, 0) is 6.42 Å². The van der Waals surface area contributed by atoms with Crippen molar-refractivity contribution in [1.29, 1.82) is 0 Å². The Balaban J connectivity index is 1.37. The summed E-state index contributed by atoms with van der Waals surface area (Å²) in [6.07, 6.45) is 2.77. The van der Waals surface area contributed by atoms with Crippen LogP contribution in [0.3, 0.4) is 0 Å². The molecule has 30 heavy (non-hydrogen) atoms. The van der Waals surface area contributed by atoms with E-state index in [-0.39, 0.29) is 5.78 Å². The molecule has 154 valence electrons. The first-order valence-electron chi connectivity index (χ1n) is 10.4. The molecule has 0 saturated carbocycles. The minimum absolute atomic E-state index is 0.129. The summed E-state index contributed by atoms with van der Waals surface area (Å²) >= 11 is 0. The first kappa shape index (κ1) is 19.2. The second-order valence-corrected chi connectivity index (χ2v) is 8.43. The fourth-order valence-electron chi connectivity index (χ4n) is 4.80. The van der Waals surface area contributed by atoms with Gasteiger partial charge in [-0.25, -0.2) is 8.78 Å². The first-order chi connectivity index (χ1) is 14.5. The number of carbonyl (C=O) groups is 1. The van der Waals surface area contributed by atoms with Crippen molar-refractivity contribution in [3.8, 4) is 5.75 Å². The van der Waals surface area contributed by atoms with Crippen LogP contribution in [0.4, 0.5) is 8.78 Å². The van der Waals surface area contributed by atoms with Crippen molar-refractivity contribution in [2.45, 2.75) is 31.3 Å². The molecule has 1 spiro atoms. The van der Waals surface area contributed by atoms with E-state index >= 15 is 0 Å². The van der Waals surface area contributed by atoms with Crippen LogP contribution in [-0.4, -0.2) is 35.9 Å². The predicted molar refractivity (Wildman–Crippen MR) is 112 cm³/mol. The van der Waals surface area contributed by atoms with Crippen molar-refractivity contribution in [1.82, 2.24) is 4.90 Å². The number of fused-ring (bicyclic) bond motifs is 3. The van der Waals surface area contributed by atoms with Gasteiger partial charge in [-0.15, -0.1) is 0 Å². The number of hydrogen-bond donors (Lipinski definition) is 0. The highest BCUT2D eigenvalue weighted by molar-refractivity contribution is 6.06. The van der Waals surface area contributed by atoms with E-state index in [1.54, 1.807) is 6.07 Å². The topological polar surface area (TPSA) is 29.5 Å². The van der Waals surface area contributed by atoms with Gasteiger partial charge in [0.1, 0.15) is 11.4 Å². The van der Waals surface area contributed by atoms with Gasteiger partial charge in [0, 0.05) is 18.5 Å². The summed E-state index contributed by atoms with van der Waals surface area (Å²) in [7, 11) is 0. The Morgan fingerprint density at radius 3 is 2.77 bits per heavy atom. The number of likely N-dealkylation sites (tertiary alicyclic amines) is 1. The first-order valence-corrected chi connectivity index (χ1v) is 10.4. The summed E-state index contributed by atoms with van der Waals surface area (Å²) < 4.78 is 33.3. The zero-order valence-corrected chi connectivity index (χ0v) is 16.7. The Morgan fingerprint density at radius 1 is 1.03 bits per heavy atom. The lowest BCUT2D eigenvalue weighted by atomic mass is 9.83. The molecule has 0 aliphatic carbocycles. The van der Waals surface area contributed by atoms with E-state index in [0.29, 0.717) is 37.2 Å². The fraction of sp³-hybridized carbons (Fsp3) is 0.320. The number of Topliss-reactive ketones (excluding diaryl/α,β-unsaturated/α-hetero) is 1. The summed E-state index contributed by atoms with van der Waals surface area (Å²) in [5, 5.41) is 2.04. The third-order valence-electron chi connectivity index (χ3n) is 6.30. The lowest BCUT2D eigenvalue weighted by Gasteiger charge is -2.45. The van der Waals surface area contributed by atoms with Crippen molar-refractivity contribution in [3.05, 3.63) is 77.4 Å². The van der Waals surface area contributed by atoms with E-state index in [1.165, 1.54) is 12.1 Å². The van der Waals surface area contributed by atoms with Gasteiger partial charge in [0.25, 0.3) is 0 Å². The van der Waals surface area contributed by atoms with Crippen molar-refractivity contribution in [2.24, 2.45) is 0 Å². The Morgan fingerprint density at radius 2 is 1.90 bits per heavy atom. The lowest BCUT2D eigenvalue weighted by molar-refractivity contribution is -0.0164. The molecule has 5 rings (SSSR count). The third kappa shape index (κ3) is 3.47. The van der Waals surface area contributed by atoms with E-state index in [4.69, 9.17) is 4.74 Å². The Hall–Kier alpha value is -2.79. The molecule has 5 heteroatoms. The van der Waals surface area contributed by atoms with Gasteiger partial charge in [-0.05, 0) is 55.0 Å². The average Bonchev–Trinajstić information content (AvgIpc) is 2.74. The predicted octanol–water partition coefficient (Wildman–Crippen LogP) is 5.16. The summed E-state index contributed by atoms with van der Waals surface area (Å²) in [6, 6.07) is 15.9. The molecule has 0 bridgehead atoms. The van der Waals surface area contributed by atoms with Crippen LogP contribution in [0.2, 0.25) is 0 Å². The monoisotopic (exact) mass is 407 g/mol. The maximum Gasteiger partial charge on any atom is 0.170 e. The maximum absolute atomic E-state index is 13.5. The molecule has 0 unspecified atom stereocenters. The number of piperidine rings is 1. The van der Waals surface area contributed by atoms with Crippen molar-refractivity contribution < 1.29 is 18.3 Å². The minimum atomic E-state index is -0.823. The van der Waals surface area contributed by atoms with Crippen LogP contribution in [0, 0.1) is 11.6 Å². The summed E-state index contributed by atoms with van der Waals surface area (Å²) in [4.78, 5) is 15.3. The van der Waals surface area contributed by atoms with Crippen molar-refractivity contribution in [2.75, 3.05) is 19.6 Å². The zero-order chi connectivity index (χ0) is 20.7. The molecule has 3 nitrogen and oxygen atoms in total. The van der Waals surface area contributed by atoms with E-state index < -0.39 is 17.2 Å². The number of benzene rings is 3. The maximum atomic E-state index is 13.5. The molecule has 0 N–H and O–H groups in total. The molecular formula is C25H23F2NO2. The molecule has 2 heterocycles. The highest BCUT2D eigenvalue weighted by atomic mass is 19.2. The van der Waals surface area contributed by atoms with Gasteiger partial charge in [-0.3, -0.25) is 9.69 Å². The molecular weight excluding hydrogens is 384 g/mol. The summed E-state index contributed by atoms with van der Waals surface area (Å²) in [5.74, 6) is -0.806. The Bertz CT molecular complexity index is 1130. The second kappa shape index (κ2) is 7.47. The summed E-state index contributed by atoms with van der Waals surface area (Å²) in [5.41, 5.74) is 0.907. The number of nitrogens with zero attached hydrogens (tertiary/aromatic N) is 1. The SMILES string of the molecule is O=C1C[C@@]2(CCCN(CCc3ccc(F)c(F)c3)C2)Oc2c1ccc1ccccc21. The molecule has 0 radical (unpaired) electrons. The second-order valence-electron chi connectivity index (χ2n) is 8.43. The molecule has 1 atom stereocenters. The largest absolute Gasteiger partial charge is 0.484 e. The van der Waals surface area contributed by atoms with Gasteiger partial charge < -0.3 is 4.74 Å². The number of halogens is 2. The molecule has 3 aromatic carbocycles. The van der Waals surface area contributed by atoms with Gasteiger partial charge in [0.2, 0.25) is 0 Å². The van der Waals surface area contributed by atoms with Crippen LogP contribution in [0.1, 0.15) is 35.2 Å². The van der Waals surface area contributed by atoms with Crippen LogP contribution < -0.4 is 4.74 Å². The molecule has 0 aromatic heterocycles. The number of ketones is 1. The Kier molecular flexibility index (Phi) is 4.78. The molecule has 1 fully saturated rings. The average molecular weight is 407 g/mol. The third-order valence-corrected chi connectivity index (χ3v) is 6.30. The fourth-order valence-corrected chi connectivity index (χ4v) is 4.80. The van der Waals surface area contributed by atoms with Crippen LogP contribution in [0.25, 0.3) is 10.8 Å². The van der Waals surface area contributed by atoms with Crippen LogP contribution >= 0.6 is 0 Å². The highest BCUT2D eigenvalue weighted by Gasteiger charge is 2.44. The van der Waals surface area contributed by atoms with Gasteiger partial charge in [-0.2, -0.15) is 0 Å². The highest BCUT2D eigenvalue weighted by Crippen LogP contribution is 2.42. The van der Waals surface area contributed by atoms with Gasteiger partial charge in [0.15, 0.2) is 17.4 Å². The van der Waals surface area contributed by atoms with Crippen molar-refractivity contribution in [3.63, 3.8) is 0 Å². The van der Waals surface area contributed by atoms with E-state index in [9.17, 15) is 13.6 Å². The molecule has 2 aliphatic rings. The minimum Gasteiger partial charge on any atom is -0.484 e. The molecule has 2 aliphatic heterocycles. The van der Waals surface area contributed by atoms with Gasteiger partial charge in [0.05, 0.1) is 12.0 Å². The van der Waals surface area contributed by atoms with Gasteiger partial charge >= 0.3 is 0 Å².